The highest BCUT2D eigenvalue weighted by atomic mass is 19.1. The van der Waals surface area contributed by atoms with Gasteiger partial charge in [0.05, 0.1) is 6.54 Å². The molecule has 1 fully saturated rings. The fraction of sp³-hybridized carbons (Fsp3) is 0.389. The molecule has 1 aliphatic rings. The van der Waals surface area contributed by atoms with Crippen LogP contribution in [0, 0.1) is 5.82 Å². The Hall–Kier alpha value is -2.14. The molecule has 23 heavy (non-hydrogen) atoms. The Morgan fingerprint density at radius 3 is 2.57 bits per heavy atom. The molecule has 0 unspecified atom stereocenters. The van der Waals surface area contributed by atoms with Gasteiger partial charge in [0.15, 0.2) is 5.76 Å². The molecule has 0 radical (unpaired) electrons. The molecular formula is C18H21FN2O2. The molecule has 4 nitrogen and oxygen atoms in total. The molecule has 0 spiro atoms. The van der Waals surface area contributed by atoms with Gasteiger partial charge in [-0.1, -0.05) is 18.6 Å². The molecule has 0 aliphatic carbocycles. The van der Waals surface area contributed by atoms with Crippen molar-refractivity contribution in [2.45, 2.75) is 32.4 Å². The lowest BCUT2D eigenvalue weighted by atomic mass is 10.1. The summed E-state index contributed by atoms with van der Waals surface area (Å²) in [4.78, 5) is 14.4. The van der Waals surface area contributed by atoms with Crippen LogP contribution in [-0.4, -0.2) is 23.9 Å². The number of halogens is 1. The van der Waals surface area contributed by atoms with Gasteiger partial charge >= 0.3 is 0 Å². The van der Waals surface area contributed by atoms with Crippen LogP contribution in [0.5, 0.6) is 0 Å². The maximum Gasteiger partial charge on any atom is 0.287 e. The van der Waals surface area contributed by atoms with Crippen LogP contribution in [0.15, 0.2) is 40.8 Å². The smallest absolute Gasteiger partial charge is 0.287 e. The summed E-state index contributed by atoms with van der Waals surface area (Å²) in [7, 11) is 0. The minimum Gasteiger partial charge on any atom is -0.455 e. The highest BCUT2D eigenvalue weighted by Gasteiger charge is 2.15. The first-order valence-electron chi connectivity index (χ1n) is 8.04. The third-order valence-electron chi connectivity index (χ3n) is 4.08. The van der Waals surface area contributed by atoms with Crippen LogP contribution in [-0.2, 0) is 13.1 Å². The number of piperidine rings is 1. The second-order valence-electron chi connectivity index (χ2n) is 5.91. The van der Waals surface area contributed by atoms with Crippen molar-refractivity contribution < 1.29 is 13.6 Å². The summed E-state index contributed by atoms with van der Waals surface area (Å²) in [6, 6.07) is 9.63. The molecule has 2 heterocycles. The lowest BCUT2D eigenvalue weighted by molar-refractivity contribution is 0.0918. The number of hydrogen-bond acceptors (Lipinski definition) is 3. The van der Waals surface area contributed by atoms with E-state index in [1.165, 1.54) is 31.4 Å². The minimum atomic E-state index is -0.284. The van der Waals surface area contributed by atoms with Crippen LogP contribution in [0.1, 0.15) is 41.1 Å². The third kappa shape index (κ3) is 4.42. The Morgan fingerprint density at radius 2 is 1.83 bits per heavy atom. The quantitative estimate of drug-likeness (QED) is 0.920. The molecule has 1 aliphatic heterocycles. The summed E-state index contributed by atoms with van der Waals surface area (Å²) < 4.78 is 18.5. The van der Waals surface area contributed by atoms with E-state index >= 15 is 0 Å². The molecule has 0 atom stereocenters. The SMILES string of the molecule is O=C(NCc1ccc(F)cc1)c1ccc(CN2CCCCC2)o1. The van der Waals surface area contributed by atoms with Crippen molar-refractivity contribution in [3.8, 4) is 0 Å². The van der Waals surface area contributed by atoms with Crippen molar-refractivity contribution >= 4 is 5.91 Å². The van der Waals surface area contributed by atoms with Gasteiger partial charge in [-0.2, -0.15) is 0 Å². The van der Waals surface area contributed by atoms with Crippen molar-refractivity contribution in [3.63, 3.8) is 0 Å². The largest absolute Gasteiger partial charge is 0.455 e. The predicted octanol–water partition coefficient (Wildman–Crippen LogP) is 3.33. The molecule has 1 amide bonds. The van der Waals surface area contributed by atoms with Crippen molar-refractivity contribution in [1.82, 2.24) is 10.2 Å². The molecule has 5 heteroatoms. The summed E-state index contributed by atoms with van der Waals surface area (Å²) in [6.45, 7) is 3.28. The summed E-state index contributed by atoms with van der Waals surface area (Å²) in [5.41, 5.74) is 0.847. The standard InChI is InChI=1S/C18H21FN2O2/c19-15-6-4-14(5-7-15)12-20-18(22)17-9-8-16(23-17)13-21-10-2-1-3-11-21/h4-9H,1-3,10-13H2,(H,20,22). The normalized spacial score (nSPS) is 15.5. The van der Waals surface area contributed by atoms with Gasteiger partial charge in [-0.3, -0.25) is 9.69 Å². The van der Waals surface area contributed by atoms with Crippen molar-refractivity contribution in [1.29, 1.82) is 0 Å². The number of likely N-dealkylation sites (tertiary alicyclic amines) is 1. The summed E-state index contributed by atoms with van der Waals surface area (Å²) >= 11 is 0. The molecule has 0 saturated carbocycles. The second kappa shape index (κ2) is 7.42. The van der Waals surface area contributed by atoms with E-state index in [-0.39, 0.29) is 11.7 Å². The Kier molecular flexibility index (Phi) is 5.08. The summed E-state index contributed by atoms with van der Waals surface area (Å²) in [6.07, 6.45) is 3.75. The molecule has 2 aromatic rings. The fourth-order valence-corrected chi connectivity index (χ4v) is 2.79. The second-order valence-corrected chi connectivity index (χ2v) is 5.91. The number of rotatable bonds is 5. The van der Waals surface area contributed by atoms with Crippen molar-refractivity contribution in [2.75, 3.05) is 13.1 Å². The monoisotopic (exact) mass is 316 g/mol. The predicted molar refractivity (Wildman–Crippen MR) is 85.4 cm³/mol. The minimum absolute atomic E-state index is 0.251. The van der Waals surface area contributed by atoms with Gasteiger partial charge < -0.3 is 9.73 Å². The van der Waals surface area contributed by atoms with E-state index < -0.39 is 0 Å². The highest BCUT2D eigenvalue weighted by molar-refractivity contribution is 5.91. The van der Waals surface area contributed by atoms with Gasteiger partial charge in [0.1, 0.15) is 11.6 Å². The third-order valence-corrected chi connectivity index (χ3v) is 4.08. The Bertz CT molecular complexity index is 645. The van der Waals surface area contributed by atoms with Gasteiger partial charge in [0, 0.05) is 6.54 Å². The van der Waals surface area contributed by atoms with Gasteiger partial charge in [-0.25, -0.2) is 4.39 Å². The molecule has 0 bridgehead atoms. The highest BCUT2D eigenvalue weighted by Crippen LogP contribution is 2.15. The van der Waals surface area contributed by atoms with E-state index in [0.29, 0.717) is 12.3 Å². The topological polar surface area (TPSA) is 45.5 Å². The van der Waals surface area contributed by atoms with Crippen molar-refractivity contribution in [2.24, 2.45) is 0 Å². The molecule has 1 saturated heterocycles. The first-order chi connectivity index (χ1) is 11.2. The van der Waals surface area contributed by atoms with Crippen LogP contribution < -0.4 is 5.32 Å². The Labute approximate surface area is 135 Å². The van der Waals surface area contributed by atoms with E-state index in [1.54, 1.807) is 18.2 Å². The summed E-state index contributed by atoms with van der Waals surface area (Å²) in [5.74, 6) is 0.602. The van der Waals surface area contributed by atoms with Crippen LogP contribution in [0.4, 0.5) is 4.39 Å². The van der Waals surface area contributed by atoms with Crippen LogP contribution in [0.3, 0.4) is 0 Å². The first kappa shape index (κ1) is 15.7. The molecular weight excluding hydrogens is 295 g/mol. The van der Waals surface area contributed by atoms with E-state index in [9.17, 15) is 9.18 Å². The first-order valence-corrected chi connectivity index (χ1v) is 8.04. The number of hydrogen-bond donors (Lipinski definition) is 1. The van der Waals surface area contributed by atoms with Gasteiger partial charge in [-0.15, -0.1) is 0 Å². The number of furan rings is 1. The van der Waals surface area contributed by atoms with Crippen LogP contribution in [0.25, 0.3) is 0 Å². The lowest BCUT2D eigenvalue weighted by Gasteiger charge is -2.25. The van der Waals surface area contributed by atoms with Gasteiger partial charge in [-0.05, 0) is 55.8 Å². The average molecular weight is 316 g/mol. The maximum atomic E-state index is 12.8. The molecule has 1 N–H and O–H groups in total. The molecule has 122 valence electrons. The van der Waals surface area contributed by atoms with E-state index in [4.69, 9.17) is 4.42 Å². The number of benzene rings is 1. The van der Waals surface area contributed by atoms with Crippen LogP contribution >= 0.6 is 0 Å². The molecule has 3 rings (SSSR count). The van der Waals surface area contributed by atoms with Gasteiger partial charge in [0.25, 0.3) is 5.91 Å². The van der Waals surface area contributed by atoms with Crippen LogP contribution in [0.2, 0.25) is 0 Å². The lowest BCUT2D eigenvalue weighted by Crippen LogP contribution is -2.28. The van der Waals surface area contributed by atoms with E-state index in [0.717, 1.165) is 31.0 Å². The maximum absolute atomic E-state index is 12.8. The number of carbonyl (C=O) groups is 1. The van der Waals surface area contributed by atoms with E-state index in [1.807, 2.05) is 6.07 Å². The number of nitrogens with one attached hydrogen (secondary N) is 1. The number of nitrogens with zero attached hydrogens (tertiary/aromatic N) is 1. The zero-order valence-corrected chi connectivity index (χ0v) is 13.1. The van der Waals surface area contributed by atoms with E-state index in [2.05, 4.69) is 10.2 Å². The van der Waals surface area contributed by atoms with Crippen molar-refractivity contribution in [3.05, 3.63) is 59.3 Å². The zero-order chi connectivity index (χ0) is 16.1. The number of carbonyl (C=O) groups excluding carboxylic acids is 1. The Balaban J connectivity index is 1.52. The van der Waals surface area contributed by atoms with Gasteiger partial charge in [0.2, 0.25) is 0 Å². The fourth-order valence-electron chi connectivity index (χ4n) is 2.79. The number of amides is 1. The average Bonchev–Trinajstić information content (AvgIpc) is 3.03. The Morgan fingerprint density at radius 1 is 1.09 bits per heavy atom. The summed E-state index contributed by atoms with van der Waals surface area (Å²) in [5, 5.41) is 2.78. The molecule has 1 aromatic heterocycles. The zero-order valence-electron chi connectivity index (χ0n) is 13.1. The molecule has 1 aromatic carbocycles.